The third-order valence-corrected chi connectivity index (χ3v) is 6.09. The Kier molecular flexibility index (Phi) is 3.24. The van der Waals surface area contributed by atoms with Crippen LogP contribution < -0.4 is 10.1 Å². The molecule has 5 rings (SSSR count). The predicted molar refractivity (Wildman–Crippen MR) is 87.6 cm³/mol. The maximum absolute atomic E-state index is 13.0. The van der Waals surface area contributed by atoms with Crippen LogP contribution in [-0.4, -0.2) is 29.3 Å². The van der Waals surface area contributed by atoms with Gasteiger partial charge in [0.1, 0.15) is 5.75 Å². The quantitative estimate of drug-likeness (QED) is 0.902. The highest BCUT2D eigenvalue weighted by molar-refractivity contribution is 5.98. The number of hydrogen-bond donors (Lipinski definition) is 2. The second-order valence-corrected chi connectivity index (χ2v) is 8.07. The number of benzene rings is 1. The summed E-state index contributed by atoms with van der Waals surface area (Å²) in [7, 11) is 1.60. The largest absolute Gasteiger partial charge is 0.496 e. The van der Waals surface area contributed by atoms with Crippen LogP contribution in [0.3, 0.4) is 0 Å². The number of methoxy groups -OCH3 is 1. The standard InChI is InChI=1S/C19H25NO3/c1-12-4-3-5-15(23-2)16(12)17(21)20-18-7-13-6-14(8-18)10-19(22,9-13)11-18/h3-5,13-14,22H,6-11H2,1-2H3,(H,20,21). The van der Waals surface area contributed by atoms with Crippen molar-refractivity contribution in [3.8, 4) is 5.75 Å². The van der Waals surface area contributed by atoms with Crippen molar-refractivity contribution in [1.29, 1.82) is 0 Å². The molecular weight excluding hydrogens is 290 g/mol. The van der Waals surface area contributed by atoms with Gasteiger partial charge in [0.05, 0.1) is 18.3 Å². The zero-order valence-electron chi connectivity index (χ0n) is 13.9. The highest BCUT2D eigenvalue weighted by atomic mass is 16.5. The van der Waals surface area contributed by atoms with E-state index in [1.807, 2.05) is 25.1 Å². The fourth-order valence-corrected chi connectivity index (χ4v) is 5.77. The summed E-state index contributed by atoms with van der Waals surface area (Å²) >= 11 is 0. The van der Waals surface area contributed by atoms with Gasteiger partial charge in [0, 0.05) is 5.54 Å². The van der Waals surface area contributed by atoms with Crippen molar-refractivity contribution in [2.45, 2.75) is 56.6 Å². The minimum atomic E-state index is -0.562. The molecule has 4 nitrogen and oxygen atoms in total. The van der Waals surface area contributed by atoms with Gasteiger partial charge in [0.15, 0.2) is 0 Å². The number of rotatable bonds is 3. The van der Waals surface area contributed by atoms with Crippen LogP contribution in [0.5, 0.6) is 5.75 Å². The van der Waals surface area contributed by atoms with Crippen LogP contribution in [0.25, 0.3) is 0 Å². The van der Waals surface area contributed by atoms with Crippen LogP contribution in [0.2, 0.25) is 0 Å². The molecule has 2 unspecified atom stereocenters. The van der Waals surface area contributed by atoms with Gasteiger partial charge in [-0.05, 0) is 68.9 Å². The first kappa shape index (κ1) is 15.0. The highest BCUT2D eigenvalue weighted by Gasteiger charge is 2.57. The lowest BCUT2D eigenvalue weighted by atomic mass is 9.51. The zero-order valence-corrected chi connectivity index (χ0v) is 13.9. The summed E-state index contributed by atoms with van der Waals surface area (Å²) in [6.45, 7) is 1.94. The number of carbonyl (C=O) groups is 1. The van der Waals surface area contributed by atoms with Gasteiger partial charge in [-0.25, -0.2) is 0 Å². The van der Waals surface area contributed by atoms with Gasteiger partial charge in [0.2, 0.25) is 0 Å². The van der Waals surface area contributed by atoms with Crippen LogP contribution in [0, 0.1) is 18.8 Å². The predicted octanol–water partition coefficient (Wildman–Crippen LogP) is 2.82. The number of carbonyl (C=O) groups excluding carboxylic acids is 1. The Morgan fingerprint density at radius 1 is 1.26 bits per heavy atom. The molecule has 124 valence electrons. The summed E-state index contributed by atoms with van der Waals surface area (Å²) < 4.78 is 5.38. The first-order valence-corrected chi connectivity index (χ1v) is 8.60. The third kappa shape index (κ3) is 2.44. The lowest BCUT2D eigenvalue weighted by Gasteiger charge is -2.60. The molecule has 4 fully saturated rings. The van der Waals surface area contributed by atoms with E-state index in [0.29, 0.717) is 29.6 Å². The maximum Gasteiger partial charge on any atom is 0.255 e. The Bertz CT molecular complexity index is 640. The zero-order chi connectivity index (χ0) is 16.2. The molecule has 0 aliphatic heterocycles. The van der Waals surface area contributed by atoms with E-state index >= 15 is 0 Å². The van der Waals surface area contributed by atoms with Crippen LogP contribution in [0.15, 0.2) is 18.2 Å². The molecule has 0 saturated heterocycles. The number of aryl methyl sites for hydroxylation is 1. The first-order chi connectivity index (χ1) is 10.9. The molecule has 4 heteroatoms. The molecule has 1 amide bonds. The van der Waals surface area contributed by atoms with E-state index in [9.17, 15) is 9.90 Å². The van der Waals surface area contributed by atoms with Crippen molar-refractivity contribution < 1.29 is 14.6 Å². The maximum atomic E-state index is 13.0. The number of hydrogen-bond acceptors (Lipinski definition) is 3. The van der Waals surface area contributed by atoms with Crippen LogP contribution >= 0.6 is 0 Å². The fraction of sp³-hybridized carbons (Fsp3) is 0.632. The first-order valence-electron chi connectivity index (χ1n) is 8.60. The molecule has 2 atom stereocenters. The average Bonchev–Trinajstić information content (AvgIpc) is 2.43. The Labute approximate surface area is 137 Å². The number of ether oxygens (including phenoxy) is 1. The summed E-state index contributed by atoms with van der Waals surface area (Å²) in [4.78, 5) is 13.0. The van der Waals surface area contributed by atoms with E-state index in [1.165, 1.54) is 6.42 Å². The van der Waals surface area contributed by atoms with E-state index in [2.05, 4.69) is 5.32 Å². The number of amides is 1. The molecule has 23 heavy (non-hydrogen) atoms. The number of aliphatic hydroxyl groups is 1. The van der Waals surface area contributed by atoms with Crippen LogP contribution in [0.4, 0.5) is 0 Å². The molecule has 4 saturated carbocycles. The molecule has 0 radical (unpaired) electrons. The monoisotopic (exact) mass is 315 g/mol. The van der Waals surface area contributed by atoms with Crippen molar-refractivity contribution in [2.24, 2.45) is 11.8 Å². The van der Waals surface area contributed by atoms with Gasteiger partial charge >= 0.3 is 0 Å². The Morgan fingerprint density at radius 3 is 2.57 bits per heavy atom. The molecule has 2 N–H and O–H groups in total. The second kappa shape index (κ2) is 4.97. The van der Waals surface area contributed by atoms with Crippen LogP contribution in [-0.2, 0) is 0 Å². The molecule has 0 heterocycles. The Hall–Kier alpha value is -1.55. The Balaban J connectivity index is 1.62. The molecule has 4 bridgehead atoms. The van der Waals surface area contributed by atoms with E-state index in [0.717, 1.165) is 31.2 Å². The smallest absolute Gasteiger partial charge is 0.255 e. The lowest BCUT2D eigenvalue weighted by molar-refractivity contribution is -0.139. The van der Waals surface area contributed by atoms with Gasteiger partial charge in [-0.2, -0.15) is 0 Å². The Morgan fingerprint density at radius 2 is 1.96 bits per heavy atom. The van der Waals surface area contributed by atoms with Crippen molar-refractivity contribution in [1.82, 2.24) is 5.32 Å². The van der Waals surface area contributed by atoms with Gasteiger partial charge < -0.3 is 15.2 Å². The fourth-order valence-electron chi connectivity index (χ4n) is 5.77. The molecule has 4 aliphatic carbocycles. The second-order valence-electron chi connectivity index (χ2n) is 8.07. The van der Waals surface area contributed by atoms with Crippen molar-refractivity contribution in [2.75, 3.05) is 7.11 Å². The van der Waals surface area contributed by atoms with Gasteiger partial charge in [0.25, 0.3) is 5.91 Å². The summed E-state index contributed by atoms with van der Waals surface area (Å²) in [6.07, 6.45) is 5.75. The molecular formula is C19H25NO3. The van der Waals surface area contributed by atoms with Gasteiger partial charge in [-0.3, -0.25) is 4.79 Å². The van der Waals surface area contributed by atoms with Crippen LogP contribution in [0.1, 0.15) is 54.4 Å². The topological polar surface area (TPSA) is 58.6 Å². The number of nitrogens with one attached hydrogen (secondary N) is 1. The van der Waals surface area contributed by atoms with E-state index in [1.54, 1.807) is 7.11 Å². The SMILES string of the molecule is COc1cccc(C)c1C(=O)NC12CC3CC(CC(O)(C3)C1)C2. The third-order valence-electron chi connectivity index (χ3n) is 6.09. The van der Waals surface area contributed by atoms with Crippen molar-refractivity contribution >= 4 is 5.91 Å². The van der Waals surface area contributed by atoms with E-state index in [4.69, 9.17) is 4.74 Å². The van der Waals surface area contributed by atoms with Gasteiger partial charge in [-0.15, -0.1) is 0 Å². The molecule has 4 aliphatic rings. The van der Waals surface area contributed by atoms with Crippen molar-refractivity contribution in [3.63, 3.8) is 0 Å². The van der Waals surface area contributed by atoms with Crippen molar-refractivity contribution in [3.05, 3.63) is 29.3 Å². The normalized spacial score (nSPS) is 37.7. The summed E-state index contributed by atoms with van der Waals surface area (Å²) in [5.41, 5.74) is 0.749. The average molecular weight is 315 g/mol. The summed E-state index contributed by atoms with van der Waals surface area (Å²) in [6, 6.07) is 5.66. The lowest BCUT2D eigenvalue weighted by Crippen LogP contribution is -2.65. The highest BCUT2D eigenvalue weighted by Crippen LogP contribution is 2.57. The summed E-state index contributed by atoms with van der Waals surface area (Å²) in [5.74, 6) is 1.66. The van der Waals surface area contributed by atoms with Gasteiger partial charge in [-0.1, -0.05) is 12.1 Å². The molecule has 1 aromatic rings. The summed E-state index contributed by atoms with van der Waals surface area (Å²) in [5, 5.41) is 14.1. The molecule has 0 spiro atoms. The molecule has 0 aromatic heterocycles. The van der Waals surface area contributed by atoms with E-state index < -0.39 is 5.60 Å². The minimum absolute atomic E-state index is 0.0644. The molecule has 1 aromatic carbocycles. The van der Waals surface area contributed by atoms with E-state index in [-0.39, 0.29) is 11.4 Å². The minimum Gasteiger partial charge on any atom is -0.496 e.